The predicted molar refractivity (Wildman–Crippen MR) is 78.8 cm³/mol. The number of nitrogens with one attached hydrogen (secondary N) is 2. The van der Waals surface area contributed by atoms with Crippen molar-refractivity contribution in [2.24, 2.45) is 0 Å². The van der Waals surface area contributed by atoms with E-state index in [1.165, 1.54) is 5.56 Å². The lowest BCUT2D eigenvalue weighted by Crippen LogP contribution is -2.39. The third-order valence-electron chi connectivity index (χ3n) is 3.04. The number of phenols is 1. The van der Waals surface area contributed by atoms with Crippen LogP contribution in [0.15, 0.2) is 24.3 Å². The van der Waals surface area contributed by atoms with Gasteiger partial charge in [0, 0.05) is 19.7 Å². The summed E-state index contributed by atoms with van der Waals surface area (Å²) in [5.74, 6) is 0.270. The molecule has 0 saturated carbocycles. The fraction of sp³-hybridized carbons (Fsp3) is 0.533. The number of aryl methyl sites for hydroxylation is 1. The topological polar surface area (TPSA) is 70.6 Å². The number of amides is 1. The molecular weight excluding hydrogens is 256 g/mol. The highest BCUT2D eigenvalue weighted by Crippen LogP contribution is 2.11. The first-order valence-electron chi connectivity index (χ1n) is 6.88. The number of phenolic OH excluding ortho intramolecular Hbond substituents is 1. The molecule has 0 aromatic heterocycles. The smallest absolute Gasteiger partial charge is 0.234 e. The molecule has 0 saturated heterocycles. The molecule has 1 aromatic rings. The number of carbonyl (C=O) groups excluding carboxylic acids is 1. The predicted octanol–water partition coefficient (Wildman–Crippen LogP) is 1.07. The third kappa shape index (κ3) is 7.11. The summed E-state index contributed by atoms with van der Waals surface area (Å²) < 4.78 is 4.86. The Kier molecular flexibility index (Phi) is 7.69. The molecule has 1 unspecified atom stereocenters. The highest BCUT2D eigenvalue weighted by molar-refractivity contribution is 5.77. The minimum absolute atomic E-state index is 0.0152. The maximum absolute atomic E-state index is 11.5. The standard InChI is InChI=1S/C15H24N2O3/c1-12(17-11-15(19)16-9-10-20-2)3-4-13-5-7-14(18)8-6-13/h5-8,12,17-18H,3-4,9-11H2,1-2H3,(H,16,19). The van der Waals surface area contributed by atoms with E-state index < -0.39 is 0 Å². The van der Waals surface area contributed by atoms with Gasteiger partial charge < -0.3 is 20.5 Å². The van der Waals surface area contributed by atoms with Crippen molar-refractivity contribution in [3.05, 3.63) is 29.8 Å². The zero-order valence-electron chi connectivity index (χ0n) is 12.2. The Morgan fingerprint density at radius 3 is 2.70 bits per heavy atom. The third-order valence-corrected chi connectivity index (χ3v) is 3.04. The van der Waals surface area contributed by atoms with Crippen molar-refractivity contribution >= 4 is 5.91 Å². The molecule has 5 nitrogen and oxygen atoms in total. The molecule has 1 atom stereocenters. The normalized spacial score (nSPS) is 12.1. The van der Waals surface area contributed by atoms with Gasteiger partial charge in [-0.2, -0.15) is 0 Å². The second-order valence-electron chi connectivity index (χ2n) is 4.83. The fourth-order valence-corrected chi connectivity index (χ4v) is 1.77. The van der Waals surface area contributed by atoms with Crippen LogP contribution in [0.25, 0.3) is 0 Å². The van der Waals surface area contributed by atoms with Crippen molar-refractivity contribution in [1.82, 2.24) is 10.6 Å². The van der Waals surface area contributed by atoms with Crippen molar-refractivity contribution < 1.29 is 14.6 Å². The molecule has 0 heterocycles. The first-order valence-corrected chi connectivity index (χ1v) is 6.88. The van der Waals surface area contributed by atoms with E-state index in [0.29, 0.717) is 19.7 Å². The fourth-order valence-electron chi connectivity index (χ4n) is 1.77. The van der Waals surface area contributed by atoms with Gasteiger partial charge in [0.25, 0.3) is 0 Å². The molecule has 0 radical (unpaired) electrons. The molecule has 3 N–H and O–H groups in total. The van der Waals surface area contributed by atoms with Gasteiger partial charge in [-0.25, -0.2) is 0 Å². The zero-order chi connectivity index (χ0) is 14.8. The van der Waals surface area contributed by atoms with Gasteiger partial charge in [0.15, 0.2) is 0 Å². The van der Waals surface area contributed by atoms with Crippen LogP contribution in [0.3, 0.4) is 0 Å². The molecule has 20 heavy (non-hydrogen) atoms. The van der Waals surface area contributed by atoms with Crippen molar-refractivity contribution in [3.63, 3.8) is 0 Å². The molecule has 0 fully saturated rings. The molecule has 5 heteroatoms. The average molecular weight is 280 g/mol. The molecular formula is C15H24N2O3. The van der Waals surface area contributed by atoms with E-state index in [9.17, 15) is 9.90 Å². The summed E-state index contributed by atoms with van der Waals surface area (Å²) in [5, 5.41) is 15.2. The molecule has 0 aliphatic carbocycles. The summed E-state index contributed by atoms with van der Waals surface area (Å²) in [7, 11) is 1.61. The molecule has 0 aliphatic heterocycles. The van der Waals surface area contributed by atoms with Gasteiger partial charge in [-0.3, -0.25) is 4.79 Å². The summed E-state index contributed by atoms with van der Waals surface area (Å²) in [6.07, 6.45) is 1.86. The van der Waals surface area contributed by atoms with Crippen LogP contribution in [0.2, 0.25) is 0 Å². The summed E-state index contributed by atoms with van der Waals surface area (Å²) in [6, 6.07) is 7.48. The van der Waals surface area contributed by atoms with E-state index >= 15 is 0 Å². The Hall–Kier alpha value is -1.59. The molecule has 1 amide bonds. The lowest BCUT2D eigenvalue weighted by atomic mass is 10.1. The molecule has 0 bridgehead atoms. The van der Waals surface area contributed by atoms with Gasteiger partial charge in [-0.15, -0.1) is 0 Å². The van der Waals surface area contributed by atoms with Crippen molar-refractivity contribution in [2.45, 2.75) is 25.8 Å². The van der Waals surface area contributed by atoms with Crippen LogP contribution in [0.5, 0.6) is 5.75 Å². The van der Waals surface area contributed by atoms with Crippen LogP contribution in [0, 0.1) is 0 Å². The highest BCUT2D eigenvalue weighted by Gasteiger charge is 2.05. The Bertz CT molecular complexity index is 393. The van der Waals surface area contributed by atoms with E-state index in [1.54, 1.807) is 19.2 Å². The van der Waals surface area contributed by atoms with Crippen LogP contribution >= 0.6 is 0 Å². The first kappa shape index (κ1) is 16.5. The number of carbonyl (C=O) groups is 1. The quantitative estimate of drug-likeness (QED) is 0.592. The molecule has 1 aromatic carbocycles. The van der Waals surface area contributed by atoms with Crippen LogP contribution in [-0.4, -0.2) is 43.9 Å². The number of aromatic hydroxyl groups is 1. The van der Waals surface area contributed by atoms with Gasteiger partial charge >= 0.3 is 0 Å². The maximum atomic E-state index is 11.5. The summed E-state index contributed by atoms with van der Waals surface area (Å²) in [4.78, 5) is 11.5. The molecule has 0 aliphatic rings. The Balaban J connectivity index is 2.15. The van der Waals surface area contributed by atoms with E-state index in [-0.39, 0.29) is 17.7 Å². The number of ether oxygens (including phenoxy) is 1. The number of hydrogen-bond donors (Lipinski definition) is 3. The SMILES string of the molecule is COCCNC(=O)CNC(C)CCc1ccc(O)cc1. The van der Waals surface area contributed by atoms with Gasteiger partial charge in [0.2, 0.25) is 5.91 Å². The summed E-state index contributed by atoms with van der Waals surface area (Å²) >= 11 is 0. The van der Waals surface area contributed by atoms with Crippen LogP contribution in [-0.2, 0) is 16.0 Å². The van der Waals surface area contributed by atoms with Gasteiger partial charge in [0.1, 0.15) is 5.75 Å². The lowest BCUT2D eigenvalue weighted by Gasteiger charge is -2.13. The van der Waals surface area contributed by atoms with Gasteiger partial charge in [0.05, 0.1) is 13.2 Å². The summed E-state index contributed by atoms with van der Waals surface area (Å²) in [6.45, 7) is 3.45. The van der Waals surface area contributed by atoms with Gasteiger partial charge in [-0.05, 0) is 37.5 Å². The van der Waals surface area contributed by atoms with E-state index in [2.05, 4.69) is 17.6 Å². The zero-order valence-corrected chi connectivity index (χ0v) is 12.2. The number of benzene rings is 1. The lowest BCUT2D eigenvalue weighted by molar-refractivity contribution is -0.120. The van der Waals surface area contributed by atoms with E-state index in [4.69, 9.17) is 4.74 Å². The van der Waals surface area contributed by atoms with E-state index in [1.807, 2.05) is 12.1 Å². The number of hydrogen-bond acceptors (Lipinski definition) is 4. The highest BCUT2D eigenvalue weighted by atomic mass is 16.5. The maximum Gasteiger partial charge on any atom is 0.234 e. The molecule has 0 spiro atoms. The van der Waals surface area contributed by atoms with Crippen LogP contribution < -0.4 is 10.6 Å². The Morgan fingerprint density at radius 2 is 2.05 bits per heavy atom. The minimum Gasteiger partial charge on any atom is -0.508 e. The molecule has 112 valence electrons. The number of methoxy groups -OCH3 is 1. The van der Waals surface area contributed by atoms with Crippen molar-refractivity contribution in [1.29, 1.82) is 0 Å². The van der Waals surface area contributed by atoms with Crippen molar-refractivity contribution in [3.8, 4) is 5.75 Å². The average Bonchev–Trinajstić information content (AvgIpc) is 2.45. The Labute approximate surface area is 120 Å². The van der Waals surface area contributed by atoms with Crippen molar-refractivity contribution in [2.75, 3.05) is 26.8 Å². The monoisotopic (exact) mass is 280 g/mol. The second kappa shape index (κ2) is 9.34. The van der Waals surface area contributed by atoms with Crippen LogP contribution in [0.1, 0.15) is 18.9 Å². The molecule has 1 rings (SSSR count). The largest absolute Gasteiger partial charge is 0.508 e. The second-order valence-corrected chi connectivity index (χ2v) is 4.83. The van der Waals surface area contributed by atoms with Gasteiger partial charge in [-0.1, -0.05) is 12.1 Å². The summed E-state index contributed by atoms with van der Waals surface area (Å²) in [5.41, 5.74) is 1.18. The Morgan fingerprint density at radius 1 is 1.35 bits per heavy atom. The minimum atomic E-state index is -0.0152. The van der Waals surface area contributed by atoms with Crippen LogP contribution in [0.4, 0.5) is 0 Å². The van der Waals surface area contributed by atoms with E-state index in [0.717, 1.165) is 12.8 Å². The number of rotatable bonds is 9. The first-order chi connectivity index (χ1) is 9.61.